The van der Waals surface area contributed by atoms with E-state index in [1.165, 1.54) is 58.0 Å². The van der Waals surface area contributed by atoms with E-state index in [9.17, 15) is 0 Å². The molecule has 1 aliphatic rings. The van der Waals surface area contributed by atoms with Crippen LogP contribution in [0.15, 0.2) is 0 Å². The first kappa shape index (κ1) is 16.0. The fourth-order valence-corrected chi connectivity index (χ4v) is 3.20. The topological polar surface area (TPSA) is 15.3 Å². The first-order valence-corrected chi connectivity index (χ1v) is 8.18. The summed E-state index contributed by atoms with van der Waals surface area (Å²) in [6, 6.07) is 2.32. The monoisotopic (exact) mass is 254 g/mol. The van der Waals surface area contributed by atoms with Gasteiger partial charge < -0.3 is 5.32 Å². The van der Waals surface area contributed by atoms with E-state index < -0.39 is 0 Å². The van der Waals surface area contributed by atoms with Crippen LogP contribution in [0.5, 0.6) is 0 Å². The van der Waals surface area contributed by atoms with Crippen LogP contribution in [-0.2, 0) is 0 Å². The van der Waals surface area contributed by atoms with E-state index in [1.54, 1.807) is 0 Å². The second-order valence-corrected chi connectivity index (χ2v) is 6.16. The number of hydrogen-bond donors (Lipinski definition) is 1. The highest BCUT2D eigenvalue weighted by molar-refractivity contribution is 4.87. The maximum atomic E-state index is 3.70. The molecule has 0 aromatic carbocycles. The van der Waals surface area contributed by atoms with Gasteiger partial charge in [-0.05, 0) is 59.0 Å². The first-order chi connectivity index (χ1) is 8.69. The van der Waals surface area contributed by atoms with Gasteiger partial charge in [0.1, 0.15) is 0 Å². The second-order valence-electron chi connectivity index (χ2n) is 6.16. The number of rotatable bonds is 9. The number of hydrogen-bond acceptors (Lipinski definition) is 2. The lowest BCUT2D eigenvalue weighted by atomic mass is 10.1. The summed E-state index contributed by atoms with van der Waals surface area (Å²) < 4.78 is 0. The van der Waals surface area contributed by atoms with Crippen LogP contribution in [0, 0.1) is 0 Å². The van der Waals surface area contributed by atoms with Crippen LogP contribution in [0.25, 0.3) is 0 Å². The van der Waals surface area contributed by atoms with E-state index in [0.29, 0.717) is 6.04 Å². The smallest absolute Gasteiger partial charge is 0.0113 e. The number of unbranched alkanes of at least 4 members (excludes halogenated alkanes) is 2. The summed E-state index contributed by atoms with van der Waals surface area (Å²) in [4.78, 5) is 2.75. The lowest BCUT2D eigenvalue weighted by Gasteiger charge is -2.33. The first-order valence-electron chi connectivity index (χ1n) is 8.18. The Balaban J connectivity index is 2.35. The van der Waals surface area contributed by atoms with Gasteiger partial charge in [0.15, 0.2) is 0 Å². The third kappa shape index (κ3) is 5.27. The molecule has 108 valence electrons. The average molecular weight is 254 g/mol. The molecule has 2 heteroatoms. The zero-order valence-corrected chi connectivity index (χ0v) is 13.0. The quantitative estimate of drug-likeness (QED) is 0.630. The molecule has 0 bridgehead atoms. The lowest BCUT2D eigenvalue weighted by molar-refractivity contribution is 0.150. The molecule has 1 fully saturated rings. The Labute approximate surface area is 115 Å². The minimum atomic E-state index is 0.705. The Morgan fingerprint density at radius 1 is 1.11 bits per heavy atom. The highest BCUT2D eigenvalue weighted by Gasteiger charge is 2.29. The Bertz CT molecular complexity index is 203. The van der Waals surface area contributed by atoms with Crippen molar-refractivity contribution in [3.05, 3.63) is 0 Å². The van der Waals surface area contributed by atoms with Gasteiger partial charge in [0.2, 0.25) is 0 Å². The van der Waals surface area contributed by atoms with E-state index in [1.807, 2.05) is 0 Å². The van der Waals surface area contributed by atoms with Gasteiger partial charge in [-0.3, -0.25) is 4.90 Å². The summed E-state index contributed by atoms with van der Waals surface area (Å²) >= 11 is 0. The molecule has 0 radical (unpaired) electrons. The highest BCUT2D eigenvalue weighted by Crippen LogP contribution is 2.26. The van der Waals surface area contributed by atoms with Crippen molar-refractivity contribution in [2.45, 2.75) is 90.8 Å². The summed E-state index contributed by atoms with van der Waals surface area (Å²) in [5.41, 5.74) is 0. The van der Waals surface area contributed by atoms with E-state index >= 15 is 0 Å². The van der Waals surface area contributed by atoms with Crippen LogP contribution >= 0.6 is 0 Å². The molecule has 1 N–H and O–H groups in total. The predicted octanol–water partition coefficient (Wildman–Crippen LogP) is 3.81. The summed E-state index contributed by atoms with van der Waals surface area (Å²) in [6.07, 6.45) is 9.48. The zero-order chi connectivity index (χ0) is 13.4. The molecule has 2 nitrogen and oxygen atoms in total. The lowest BCUT2D eigenvalue weighted by Crippen LogP contribution is -2.41. The molecule has 2 unspecified atom stereocenters. The molecule has 0 saturated heterocycles. The Morgan fingerprint density at radius 2 is 1.89 bits per heavy atom. The van der Waals surface area contributed by atoms with Gasteiger partial charge in [-0.15, -0.1) is 0 Å². The molecular weight excluding hydrogens is 220 g/mol. The van der Waals surface area contributed by atoms with Crippen molar-refractivity contribution in [2.75, 3.05) is 13.1 Å². The molecule has 0 heterocycles. The summed E-state index contributed by atoms with van der Waals surface area (Å²) in [7, 11) is 0. The molecule has 1 saturated carbocycles. The molecule has 2 atom stereocenters. The van der Waals surface area contributed by atoms with Gasteiger partial charge in [0.25, 0.3) is 0 Å². The maximum Gasteiger partial charge on any atom is 0.0113 e. The zero-order valence-electron chi connectivity index (χ0n) is 13.0. The standard InChI is InChI=1S/C16H34N2/c1-5-7-8-12-18(14(3)4)16-10-9-15(13-16)17-11-6-2/h14-17H,5-13H2,1-4H3. The van der Waals surface area contributed by atoms with Gasteiger partial charge in [-0.2, -0.15) is 0 Å². The van der Waals surface area contributed by atoms with Crippen molar-refractivity contribution in [1.29, 1.82) is 0 Å². The predicted molar refractivity (Wildman–Crippen MR) is 81.1 cm³/mol. The third-order valence-electron chi connectivity index (χ3n) is 4.24. The maximum absolute atomic E-state index is 3.70. The van der Waals surface area contributed by atoms with E-state index in [4.69, 9.17) is 0 Å². The summed E-state index contributed by atoms with van der Waals surface area (Å²) in [5, 5.41) is 3.70. The molecule has 0 aliphatic heterocycles. The average Bonchev–Trinajstić information content (AvgIpc) is 2.80. The van der Waals surface area contributed by atoms with Crippen LogP contribution in [0.2, 0.25) is 0 Å². The van der Waals surface area contributed by atoms with Crippen molar-refractivity contribution in [1.82, 2.24) is 10.2 Å². The van der Waals surface area contributed by atoms with Gasteiger partial charge in [0.05, 0.1) is 0 Å². The van der Waals surface area contributed by atoms with Crippen molar-refractivity contribution in [3.8, 4) is 0 Å². The molecule has 1 rings (SSSR count). The minimum absolute atomic E-state index is 0.705. The van der Waals surface area contributed by atoms with Crippen molar-refractivity contribution < 1.29 is 0 Å². The van der Waals surface area contributed by atoms with Crippen LogP contribution in [0.4, 0.5) is 0 Å². The van der Waals surface area contributed by atoms with Crippen molar-refractivity contribution >= 4 is 0 Å². The normalized spacial score (nSPS) is 24.3. The van der Waals surface area contributed by atoms with Crippen LogP contribution < -0.4 is 5.32 Å². The number of nitrogens with one attached hydrogen (secondary N) is 1. The van der Waals surface area contributed by atoms with Crippen LogP contribution in [-0.4, -0.2) is 36.1 Å². The summed E-state index contributed by atoms with van der Waals surface area (Å²) in [6.45, 7) is 11.8. The molecular formula is C16H34N2. The van der Waals surface area contributed by atoms with Gasteiger partial charge in [0, 0.05) is 18.1 Å². The fraction of sp³-hybridized carbons (Fsp3) is 1.00. The molecule has 0 aromatic rings. The van der Waals surface area contributed by atoms with Crippen LogP contribution in [0.3, 0.4) is 0 Å². The summed E-state index contributed by atoms with van der Waals surface area (Å²) in [5.74, 6) is 0. The largest absolute Gasteiger partial charge is 0.314 e. The Morgan fingerprint density at radius 3 is 2.50 bits per heavy atom. The van der Waals surface area contributed by atoms with Crippen molar-refractivity contribution in [3.63, 3.8) is 0 Å². The molecule has 0 spiro atoms. The highest BCUT2D eigenvalue weighted by atomic mass is 15.2. The number of nitrogens with zero attached hydrogens (tertiary/aromatic N) is 1. The van der Waals surface area contributed by atoms with Crippen molar-refractivity contribution in [2.24, 2.45) is 0 Å². The molecule has 0 aromatic heterocycles. The molecule has 18 heavy (non-hydrogen) atoms. The third-order valence-corrected chi connectivity index (χ3v) is 4.24. The van der Waals surface area contributed by atoms with Gasteiger partial charge >= 0.3 is 0 Å². The van der Waals surface area contributed by atoms with Crippen LogP contribution in [0.1, 0.15) is 72.6 Å². The van der Waals surface area contributed by atoms with Gasteiger partial charge in [-0.1, -0.05) is 26.7 Å². The van der Waals surface area contributed by atoms with E-state index in [-0.39, 0.29) is 0 Å². The van der Waals surface area contributed by atoms with E-state index in [0.717, 1.165) is 12.1 Å². The minimum Gasteiger partial charge on any atom is -0.314 e. The Hall–Kier alpha value is -0.0800. The molecule has 0 amide bonds. The van der Waals surface area contributed by atoms with Gasteiger partial charge in [-0.25, -0.2) is 0 Å². The fourth-order valence-electron chi connectivity index (χ4n) is 3.20. The molecule has 1 aliphatic carbocycles. The second kappa shape index (κ2) is 8.92. The SMILES string of the molecule is CCCCCN(C(C)C)C1CCC(NCCC)C1. The van der Waals surface area contributed by atoms with E-state index in [2.05, 4.69) is 37.9 Å². The Kier molecular flexibility index (Phi) is 7.92.